The van der Waals surface area contributed by atoms with Gasteiger partial charge in [0.25, 0.3) is 0 Å². The molecule has 96 valence electrons. The number of hydrogen-bond donors (Lipinski definition) is 1. The van der Waals surface area contributed by atoms with Crippen LogP contribution in [0, 0.1) is 6.92 Å². The van der Waals surface area contributed by atoms with Crippen LogP contribution < -0.4 is 5.73 Å². The third kappa shape index (κ3) is 3.09. The molecule has 1 aliphatic rings. The molecule has 0 amide bonds. The van der Waals surface area contributed by atoms with Crippen LogP contribution in [0.1, 0.15) is 30.4 Å². The first-order chi connectivity index (χ1) is 8.20. The summed E-state index contributed by atoms with van der Waals surface area (Å²) in [6, 6.07) is 4.14. The predicted octanol–water partition coefficient (Wildman–Crippen LogP) is 1.70. The monoisotopic (exact) mass is 238 g/mol. The third-order valence-electron chi connectivity index (χ3n) is 3.36. The third-order valence-corrected chi connectivity index (χ3v) is 3.36. The van der Waals surface area contributed by atoms with Crippen LogP contribution in [0.3, 0.4) is 0 Å². The fourth-order valence-corrected chi connectivity index (χ4v) is 2.38. The number of hydrogen-bond acceptors (Lipinski definition) is 4. The molecular weight excluding hydrogens is 216 g/mol. The lowest BCUT2D eigenvalue weighted by atomic mass is 10.1. The molecule has 0 bridgehead atoms. The molecule has 1 aliphatic heterocycles. The van der Waals surface area contributed by atoms with Gasteiger partial charge >= 0.3 is 0 Å². The molecule has 0 radical (unpaired) electrons. The van der Waals surface area contributed by atoms with Crippen molar-refractivity contribution in [2.45, 2.75) is 31.9 Å². The Bertz CT molecular complexity index is 345. The van der Waals surface area contributed by atoms with E-state index in [2.05, 4.69) is 11.9 Å². The van der Waals surface area contributed by atoms with Gasteiger partial charge in [-0.15, -0.1) is 0 Å². The maximum Gasteiger partial charge on any atom is 0.122 e. The van der Waals surface area contributed by atoms with E-state index < -0.39 is 0 Å². The summed E-state index contributed by atoms with van der Waals surface area (Å²) in [5.74, 6) is 1.88. The highest BCUT2D eigenvalue weighted by atomic mass is 16.5. The van der Waals surface area contributed by atoms with E-state index in [-0.39, 0.29) is 6.04 Å². The van der Waals surface area contributed by atoms with Crippen LogP contribution in [0.25, 0.3) is 0 Å². The van der Waals surface area contributed by atoms with Gasteiger partial charge in [-0.2, -0.15) is 0 Å². The van der Waals surface area contributed by atoms with Crippen LogP contribution in [0.2, 0.25) is 0 Å². The molecule has 4 heteroatoms. The molecule has 0 spiro atoms. The highest BCUT2D eigenvalue weighted by Gasteiger charge is 2.23. The van der Waals surface area contributed by atoms with Gasteiger partial charge in [0.1, 0.15) is 11.5 Å². The molecule has 2 unspecified atom stereocenters. The van der Waals surface area contributed by atoms with Crippen LogP contribution in [-0.2, 0) is 4.74 Å². The van der Waals surface area contributed by atoms with Crippen LogP contribution in [0.15, 0.2) is 16.5 Å². The van der Waals surface area contributed by atoms with Crippen molar-refractivity contribution in [3.05, 3.63) is 23.7 Å². The van der Waals surface area contributed by atoms with E-state index in [1.54, 1.807) is 0 Å². The second-order valence-electron chi connectivity index (χ2n) is 4.77. The van der Waals surface area contributed by atoms with Crippen LogP contribution in [-0.4, -0.2) is 37.7 Å². The highest BCUT2D eigenvalue weighted by Crippen LogP contribution is 2.22. The Morgan fingerprint density at radius 3 is 2.88 bits per heavy atom. The molecule has 1 saturated heterocycles. The van der Waals surface area contributed by atoms with Gasteiger partial charge in [-0.25, -0.2) is 0 Å². The molecule has 2 rings (SSSR count). The molecule has 2 N–H and O–H groups in total. The number of nitrogens with two attached hydrogens (primary N) is 1. The summed E-state index contributed by atoms with van der Waals surface area (Å²) < 4.78 is 11.3. The first-order valence-electron chi connectivity index (χ1n) is 6.29. The Morgan fingerprint density at radius 1 is 1.53 bits per heavy atom. The van der Waals surface area contributed by atoms with Crippen molar-refractivity contribution in [1.82, 2.24) is 4.90 Å². The van der Waals surface area contributed by atoms with Gasteiger partial charge in [-0.05, 0) is 38.9 Å². The number of furan rings is 1. The van der Waals surface area contributed by atoms with Crippen molar-refractivity contribution in [2.75, 3.05) is 26.7 Å². The summed E-state index contributed by atoms with van der Waals surface area (Å²) in [7, 11) is 2.08. The Morgan fingerprint density at radius 2 is 2.35 bits per heavy atom. The predicted molar refractivity (Wildman–Crippen MR) is 66.8 cm³/mol. The molecule has 2 heterocycles. The SMILES string of the molecule is Cc1ccc(C(CN)N(C)CC2CCCO2)o1. The Hall–Kier alpha value is -0.840. The summed E-state index contributed by atoms with van der Waals surface area (Å²) in [5.41, 5.74) is 5.85. The summed E-state index contributed by atoms with van der Waals surface area (Å²) >= 11 is 0. The van der Waals surface area contributed by atoms with Crippen molar-refractivity contribution >= 4 is 0 Å². The van der Waals surface area contributed by atoms with Gasteiger partial charge in [-0.1, -0.05) is 0 Å². The quantitative estimate of drug-likeness (QED) is 0.848. The molecule has 2 atom stereocenters. The van der Waals surface area contributed by atoms with Gasteiger partial charge in [0.15, 0.2) is 0 Å². The first-order valence-corrected chi connectivity index (χ1v) is 6.29. The van der Waals surface area contributed by atoms with Gasteiger partial charge in [0.2, 0.25) is 0 Å². The second-order valence-corrected chi connectivity index (χ2v) is 4.77. The lowest BCUT2D eigenvalue weighted by Crippen LogP contribution is -2.35. The second kappa shape index (κ2) is 5.67. The zero-order valence-corrected chi connectivity index (χ0v) is 10.7. The van der Waals surface area contributed by atoms with E-state index in [0.29, 0.717) is 12.6 Å². The lowest BCUT2D eigenvalue weighted by Gasteiger charge is -2.27. The Kier molecular flexibility index (Phi) is 4.20. The number of likely N-dealkylation sites (N-methyl/N-ethyl adjacent to an activating group) is 1. The van der Waals surface area contributed by atoms with E-state index in [4.69, 9.17) is 14.9 Å². The number of aryl methyl sites for hydroxylation is 1. The average Bonchev–Trinajstić information content (AvgIpc) is 2.91. The lowest BCUT2D eigenvalue weighted by molar-refractivity contribution is 0.0654. The maximum absolute atomic E-state index is 5.85. The molecule has 4 nitrogen and oxygen atoms in total. The zero-order chi connectivity index (χ0) is 12.3. The minimum Gasteiger partial charge on any atom is -0.465 e. The van der Waals surface area contributed by atoms with E-state index in [0.717, 1.165) is 31.1 Å². The zero-order valence-electron chi connectivity index (χ0n) is 10.7. The van der Waals surface area contributed by atoms with E-state index in [1.165, 1.54) is 6.42 Å². The van der Waals surface area contributed by atoms with Crippen molar-refractivity contribution in [3.8, 4) is 0 Å². The Labute approximate surface area is 103 Å². The standard InChI is InChI=1S/C13H22N2O2/c1-10-5-6-13(17-10)12(8-14)15(2)9-11-4-3-7-16-11/h5-6,11-12H,3-4,7-9,14H2,1-2H3. The van der Waals surface area contributed by atoms with E-state index >= 15 is 0 Å². The van der Waals surface area contributed by atoms with E-state index in [9.17, 15) is 0 Å². The molecule has 0 aliphatic carbocycles. The molecular formula is C13H22N2O2. The van der Waals surface area contributed by atoms with Gasteiger partial charge < -0.3 is 14.9 Å². The fourth-order valence-electron chi connectivity index (χ4n) is 2.38. The molecule has 17 heavy (non-hydrogen) atoms. The maximum atomic E-state index is 5.85. The first kappa shape index (κ1) is 12.6. The van der Waals surface area contributed by atoms with Crippen LogP contribution >= 0.6 is 0 Å². The van der Waals surface area contributed by atoms with Crippen LogP contribution in [0.5, 0.6) is 0 Å². The average molecular weight is 238 g/mol. The largest absolute Gasteiger partial charge is 0.465 e. The van der Waals surface area contributed by atoms with Crippen molar-refractivity contribution in [2.24, 2.45) is 5.73 Å². The Balaban J connectivity index is 1.97. The molecule has 1 fully saturated rings. The summed E-state index contributed by atoms with van der Waals surface area (Å²) in [5, 5.41) is 0. The number of nitrogens with zero attached hydrogens (tertiary/aromatic N) is 1. The van der Waals surface area contributed by atoms with E-state index in [1.807, 2.05) is 19.1 Å². The molecule has 1 aromatic heterocycles. The highest BCUT2D eigenvalue weighted by molar-refractivity contribution is 5.10. The number of rotatable bonds is 5. The van der Waals surface area contributed by atoms with Crippen molar-refractivity contribution in [1.29, 1.82) is 0 Å². The van der Waals surface area contributed by atoms with Crippen LogP contribution in [0.4, 0.5) is 0 Å². The van der Waals surface area contributed by atoms with Crippen molar-refractivity contribution < 1.29 is 9.15 Å². The minimum absolute atomic E-state index is 0.146. The summed E-state index contributed by atoms with van der Waals surface area (Å²) in [4.78, 5) is 2.23. The summed E-state index contributed by atoms with van der Waals surface area (Å²) in [6.45, 7) is 4.33. The molecule has 1 aromatic rings. The van der Waals surface area contributed by atoms with Gasteiger partial charge in [0, 0.05) is 19.7 Å². The number of ether oxygens (including phenoxy) is 1. The molecule has 0 aromatic carbocycles. The fraction of sp³-hybridized carbons (Fsp3) is 0.692. The van der Waals surface area contributed by atoms with Gasteiger partial charge in [0.05, 0.1) is 12.1 Å². The minimum atomic E-state index is 0.146. The summed E-state index contributed by atoms with van der Waals surface area (Å²) in [6.07, 6.45) is 2.68. The topological polar surface area (TPSA) is 51.6 Å². The smallest absolute Gasteiger partial charge is 0.122 e. The van der Waals surface area contributed by atoms with Crippen molar-refractivity contribution in [3.63, 3.8) is 0 Å². The molecule has 0 saturated carbocycles. The normalized spacial score (nSPS) is 22.2. The van der Waals surface area contributed by atoms with Gasteiger partial charge in [-0.3, -0.25) is 4.90 Å².